The van der Waals surface area contributed by atoms with Crippen molar-refractivity contribution in [2.75, 3.05) is 0 Å². The first kappa shape index (κ1) is 15.2. The van der Waals surface area contributed by atoms with E-state index < -0.39 is 29.0 Å². The van der Waals surface area contributed by atoms with Gasteiger partial charge in [-0.25, -0.2) is 13.2 Å². The van der Waals surface area contributed by atoms with E-state index in [9.17, 15) is 17.6 Å². The van der Waals surface area contributed by atoms with E-state index in [-0.39, 0.29) is 4.90 Å². The summed E-state index contributed by atoms with van der Waals surface area (Å²) in [5, 5.41) is 0. The third kappa shape index (κ3) is 1.86. The Morgan fingerprint density at radius 1 is 0.591 bits per heavy atom. The lowest BCUT2D eigenvalue weighted by Gasteiger charge is -2.26. The van der Waals surface area contributed by atoms with Crippen LogP contribution < -0.4 is 4.74 Å². The summed E-state index contributed by atoms with van der Waals surface area (Å²) >= 11 is 0.863. The topological polar surface area (TPSA) is 9.23 Å². The summed E-state index contributed by atoms with van der Waals surface area (Å²) in [6, 6.07) is 0. The predicted molar refractivity (Wildman–Crippen MR) is 75.9 cm³/mol. The Labute approximate surface area is 129 Å². The monoisotopic (exact) mass is 328 g/mol. The fourth-order valence-corrected chi connectivity index (χ4v) is 3.67. The summed E-state index contributed by atoms with van der Waals surface area (Å²) < 4.78 is 60.1. The van der Waals surface area contributed by atoms with E-state index in [0.717, 1.165) is 34.0 Å². The summed E-state index contributed by atoms with van der Waals surface area (Å²) in [7, 11) is 0. The zero-order chi connectivity index (χ0) is 16.3. The second-order valence-electron chi connectivity index (χ2n) is 5.28. The van der Waals surface area contributed by atoms with E-state index in [1.54, 1.807) is 6.92 Å². The summed E-state index contributed by atoms with van der Waals surface area (Å²) in [4.78, 5) is 0.229. The van der Waals surface area contributed by atoms with Crippen molar-refractivity contribution in [3.63, 3.8) is 0 Å². The molecule has 116 valence electrons. The molecule has 0 saturated heterocycles. The molecule has 0 unspecified atom stereocenters. The van der Waals surface area contributed by atoms with Crippen molar-refractivity contribution < 1.29 is 22.3 Å². The van der Waals surface area contributed by atoms with Crippen LogP contribution in [0.2, 0.25) is 0 Å². The van der Waals surface area contributed by atoms with Gasteiger partial charge in [-0.2, -0.15) is 4.39 Å². The van der Waals surface area contributed by atoms with Gasteiger partial charge in [0.15, 0.2) is 17.4 Å². The van der Waals surface area contributed by atoms with Crippen LogP contribution in [0.3, 0.4) is 0 Å². The van der Waals surface area contributed by atoms with Crippen molar-refractivity contribution >= 4 is 11.8 Å². The fraction of sp³-hybridized carbons (Fsp3) is 0.250. The smallest absolute Gasteiger partial charge is 0.205 e. The van der Waals surface area contributed by atoms with E-state index in [2.05, 4.69) is 0 Å². The molecule has 0 aliphatic carbocycles. The average Bonchev–Trinajstić information content (AvgIpc) is 2.52. The standard InChI is InChI=1S/C16H12F4OS/c1-5-6(2)8(4)15-13(7(5)3)21-14-11(19)9(17)10(18)12(20)16(14)22-15/h1-4H3. The third-order valence-electron chi connectivity index (χ3n) is 4.17. The van der Waals surface area contributed by atoms with Gasteiger partial charge in [-0.1, -0.05) is 11.8 Å². The van der Waals surface area contributed by atoms with Crippen molar-refractivity contribution in [2.45, 2.75) is 37.5 Å². The van der Waals surface area contributed by atoms with Crippen LogP contribution in [-0.4, -0.2) is 0 Å². The zero-order valence-electron chi connectivity index (χ0n) is 12.3. The van der Waals surface area contributed by atoms with Crippen LogP contribution in [0.1, 0.15) is 22.3 Å². The van der Waals surface area contributed by atoms with Gasteiger partial charge in [0.25, 0.3) is 0 Å². The highest BCUT2D eigenvalue weighted by molar-refractivity contribution is 7.99. The van der Waals surface area contributed by atoms with Gasteiger partial charge in [0.05, 0.1) is 9.79 Å². The Kier molecular flexibility index (Phi) is 3.40. The van der Waals surface area contributed by atoms with Crippen LogP contribution in [0.15, 0.2) is 9.79 Å². The van der Waals surface area contributed by atoms with Crippen molar-refractivity contribution in [1.29, 1.82) is 0 Å². The van der Waals surface area contributed by atoms with Crippen molar-refractivity contribution in [3.05, 3.63) is 45.5 Å². The maximum atomic E-state index is 13.9. The van der Waals surface area contributed by atoms with Gasteiger partial charge in [-0.3, -0.25) is 0 Å². The van der Waals surface area contributed by atoms with Crippen LogP contribution >= 0.6 is 11.8 Å². The lowest BCUT2D eigenvalue weighted by molar-refractivity contribution is 0.347. The number of fused-ring (bicyclic) bond motifs is 2. The summed E-state index contributed by atoms with van der Waals surface area (Å²) in [6.07, 6.45) is 0. The second-order valence-corrected chi connectivity index (χ2v) is 6.30. The third-order valence-corrected chi connectivity index (χ3v) is 5.43. The Bertz CT molecular complexity index is 695. The highest BCUT2D eigenvalue weighted by atomic mass is 32.2. The molecule has 2 aromatic rings. The molecule has 0 spiro atoms. The Balaban J connectivity index is 2.32. The minimum atomic E-state index is -1.86. The van der Waals surface area contributed by atoms with Gasteiger partial charge in [-0.05, 0) is 49.9 Å². The maximum Gasteiger partial charge on any atom is 0.205 e. The second kappa shape index (κ2) is 4.91. The summed E-state index contributed by atoms with van der Waals surface area (Å²) in [6.45, 7) is 7.43. The van der Waals surface area contributed by atoms with E-state index in [0.29, 0.717) is 10.6 Å². The van der Waals surface area contributed by atoms with Crippen molar-refractivity contribution in [3.8, 4) is 11.5 Å². The minimum absolute atomic E-state index is 0.363. The molecule has 0 N–H and O–H groups in total. The lowest BCUT2D eigenvalue weighted by atomic mass is 9.98. The highest BCUT2D eigenvalue weighted by Gasteiger charge is 2.33. The highest BCUT2D eigenvalue weighted by Crippen LogP contribution is 2.53. The first-order valence-corrected chi connectivity index (χ1v) is 7.39. The Morgan fingerprint density at radius 3 is 1.77 bits per heavy atom. The number of halogens is 4. The van der Waals surface area contributed by atoms with Crippen LogP contribution in [0.4, 0.5) is 17.6 Å². The predicted octanol–water partition coefficient (Wildman–Crippen LogP) is 5.73. The molecule has 0 bridgehead atoms. The van der Waals surface area contributed by atoms with Gasteiger partial charge in [0.2, 0.25) is 11.6 Å². The molecule has 1 heterocycles. The first-order chi connectivity index (χ1) is 10.3. The molecule has 1 nitrogen and oxygen atoms in total. The number of rotatable bonds is 0. The molecular formula is C16H12F4OS. The fourth-order valence-electron chi connectivity index (χ4n) is 2.47. The van der Waals surface area contributed by atoms with Gasteiger partial charge in [-0.15, -0.1) is 0 Å². The molecule has 0 atom stereocenters. The molecule has 3 rings (SSSR count). The lowest BCUT2D eigenvalue weighted by Crippen LogP contribution is -2.09. The SMILES string of the molecule is Cc1c(C)c(C)c2c(c1C)Oc1c(F)c(F)c(F)c(F)c1S2. The Morgan fingerprint density at radius 2 is 1.14 bits per heavy atom. The molecule has 0 amide bonds. The maximum absolute atomic E-state index is 13.9. The van der Waals surface area contributed by atoms with Gasteiger partial charge in [0, 0.05) is 0 Å². The number of benzene rings is 2. The zero-order valence-corrected chi connectivity index (χ0v) is 13.1. The first-order valence-electron chi connectivity index (χ1n) is 6.57. The van der Waals surface area contributed by atoms with E-state index >= 15 is 0 Å². The molecule has 0 saturated carbocycles. The van der Waals surface area contributed by atoms with Crippen LogP contribution in [0.25, 0.3) is 0 Å². The van der Waals surface area contributed by atoms with Crippen LogP contribution in [-0.2, 0) is 0 Å². The molecule has 6 heteroatoms. The van der Waals surface area contributed by atoms with Gasteiger partial charge in [0.1, 0.15) is 5.75 Å². The van der Waals surface area contributed by atoms with Gasteiger partial charge < -0.3 is 4.74 Å². The van der Waals surface area contributed by atoms with Crippen molar-refractivity contribution in [2.24, 2.45) is 0 Å². The Hall–Kier alpha value is -1.69. The van der Waals surface area contributed by atoms with E-state index in [4.69, 9.17) is 4.74 Å². The average molecular weight is 328 g/mol. The van der Waals surface area contributed by atoms with Crippen LogP contribution in [0, 0.1) is 51.0 Å². The largest absolute Gasteiger partial charge is 0.451 e. The molecular weight excluding hydrogens is 316 g/mol. The molecule has 0 aromatic heterocycles. The number of ether oxygens (including phenoxy) is 1. The molecule has 0 fully saturated rings. The molecule has 22 heavy (non-hydrogen) atoms. The van der Waals surface area contributed by atoms with Crippen molar-refractivity contribution in [1.82, 2.24) is 0 Å². The quantitative estimate of drug-likeness (QED) is 0.296. The number of hydrogen-bond acceptors (Lipinski definition) is 2. The van der Waals surface area contributed by atoms with E-state index in [1.165, 1.54) is 0 Å². The molecule has 1 aliphatic heterocycles. The molecule has 0 radical (unpaired) electrons. The number of hydrogen-bond donors (Lipinski definition) is 0. The normalized spacial score (nSPS) is 12.7. The molecule has 1 aliphatic rings. The van der Waals surface area contributed by atoms with Crippen LogP contribution in [0.5, 0.6) is 11.5 Å². The summed E-state index contributed by atoms with van der Waals surface area (Å²) in [5.74, 6) is -6.86. The van der Waals surface area contributed by atoms with E-state index in [1.807, 2.05) is 20.8 Å². The molecule has 2 aromatic carbocycles. The minimum Gasteiger partial charge on any atom is -0.451 e. The van der Waals surface area contributed by atoms with Gasteiger partial charge >= 0.3 is 0 Å². The summed E-state index contributed by atoms with van der Waals surface area (Å²) in [5.41, 5.74) is 3.57.